The number of hydrogen-bond donors (Lipinski definition) is 1. The lowest BCUT2D eigenvalue weighted by molar-refractivity contribution is 0.405. The predicted octanol–water partition coefficient (Wildman–Crippen LogP) is 4.63. The Balaban J connectivity index is 1.70. The first kappa shape index (κ1) is 12.9. The van der Waals surface area contributed by atoms with Crippen molar-refractivity contribution >= 4 is 11.3 Å². The van der Waals surface area contributed by atoms with Gasteiger partial charge in [0.15, 0.2) is 0 Å². The van der Waals surface area contributed by atoms with Crippen molar-refractivity contribution < 1.29 is 4.42 Å². The van der Waals surface area contributed by atoms with Gasteiger partial charge in [-0.25, -0.2) is 0 Å². The van der Waals surface area contributed by atoms with E-state index in [9.17, 15) is 0 Å². The van der Waals surface area contributed by atoms with Gasteiger partial charge in [-0.15, -0.1) is 11.3 Å². The summed E-state index contributed by atoms with van der Waals surface area (Å²) in [7, 11) is 0. The molecule has 2 aromatic heterocycles. The highest BCUT2D eigenvalue weighted by atomic mass is 32.1. The normalized spacial score (nSPS) is 18.0. The van der Waals surface area contributed by atoms with E-state index in [1.165, 1.54) is 30.6 Å². The maximum atomic E-state index is 5.45. The second kappa shape index (κ2) is 5.51. The van der Waals surface area contributed by atoms with Crippen molar-refractivity contribution in [1.82, 2.24) is 5.32 Å². The second-order valence-corrected chi connectivity index (χ2v) is 6.60. The van der Waals surface area contributed by atoms with E-state index in [0.29, 0.717) is 6.04 Å². The molecule has 0 aliphatic heterocycles. The largest absolute Gasteiger partial charge is 0.468 e. The van der Waals surface area contributed by atoms with Gasteiger partial charge in [0.05, 0.1) is 12.3 Å². The fourth-order valence-electron chi connectivity index (χ4n) is 2.80. The average molecular weight is 275 g/mol. The Morgan fingerprint density at radius 3 is 2.79 bits per heavy atom. The Bertz CT molecular complexity index is 505. The number of furan rings is 1. The Hall–Kier alpha value is -1.06. The van der Waals surface area contributed by atoms with Gasteiger partial charge in [-0.1, -0.05) is 0 Å². The van der Waals surface area contributed by atoms with Crippen molar-refractivity contribution in [2.75, 3.05) is 0 Å². The van der Waals surface area contributed by atoms with E-state index >= 15 is 0 Å². The van der Waals surface area contributed by atoms with Crippen molar-refractivity contribution in [2.24, 2.45) is 0 Å². The molecule has 0 fully saturated rings. The van der Waals surface area contributed by atoms with Gasteiger partial charge >= 0.3 is 0 Å². The summed E-state index contributed by atoms with van der Waals surface area (Å²) in [6.07, 6.45) is 7.00. The van der Waals surface area contributed by atoms with E-state index in [0.717, 1.165) is 5.76 Å². The smallest absolute Gasteiger partial charge is 0.120 e. The molecule has 1 unspecified atom stereocenters. The number of fused-ring (bicyclic) bond motifs is 1. The van der Waals surface area contributed by atoms with Crippen LogP contribution in [0.25, 0.3) is 0 Å². The topological polar surface area (TPSA) is 25.2 Å². The number of aryl methyl sites for hydroxylation is 2. The van der Waals surface area contributed by atoms with Crippen LogP contribution in [0.15, 0.2) is 28.9 Å². The van der Waals surface area contributed by atoms with Gasteiger partial charge in [-0.05, 0) is 63.3 Å². The van der Waals surface area contributed by atoms with E-state index in [4.69, 9.17) is 4.42 Å². The first-order valence-electron chi connectivity index (χ1n) is 7.15. The van der Waals surface area contributed by atoms with Crippen molar-refractivity contribution in [3.05, 3.63) is 45.5 Å². The van der Waals surface area contributed by atoms with Crippen molar-refractivity contribution in [1.29, 1.82) is 0 Å². The van der Waals surface area contributed by atoms with Crippen molar-refractivity contribution in [3.63, 3.8) is 0 Å². The van der Waals surface area contributed by atoms with Gasteiger partial charge in [0.2, 0.25) is 0 Å². The van der Waals surface area contributed by atoms with Crippen LogP contribution in [-0.4, -0.2) is 0 Å². The van der Waals surface area contributed by atoms with E-state index < -0.39 is 0 Å². The molecule has 19 heavy (non-hydrogen) atoms. The molecule has 3 heteroatoms. The first-order valence-corrected chi connectivity index (χ1v) is 7.96. The maximum absolute atomic E-state index is 5.45. The second-order valence-electron chi connectivity index (χ2n) is 5.43. The molecule has 2 heterocycles. The highest BCUT2D eigenvalue weighted by Gasteiger charge is 2.18. The van der Waals surface area contributed by atoms with Gasteiger partial charge in [0.1, 0.15) is 5.76 Å². The number of hydrogen-bond acceptors (Lipinski definition) is 3. The molecule has 0 bridgehead atoms. The van der Waals surface area contributed by atoms with Crippen LogP contribution < -0.4 is 5.32 Å². The van der Waals surface area contributed by atoms with Crippen molar-refractivity contribution in [3.8, 4) is 0 Å². The molecule has 0 radical (unpaired) electrons. The monoisotopic (exact) mass is 275 g/mol. The Morgan fingerprint density at radius 2 is 2.05 bits per heavy atom. The highest BCUT2D eigenvalue weighted by Crippen LogP contribution is 2.33. The summed E-state index contributed by atoms with van der Waals surface area (Å²) in [6.45, 7) is 4.40. The summed E-state index contributed by atoms with van der Waals surface area (Å²) < 4.78 is 5.45. The van der Waals surface area contributed by atoms with E-state index in [1.807, 2.05) is 23.5 Å². The Kier molecular flexibility index (Phi) is 3.76. The molecule has 2 nitrogen and oxygen atoms in total. The van der Waals surface area contributed by atoms with E-state index in [-0.39, 0.29) is 6.04 Å². The Labute approximate surface area is 118 Å². The van der Waals surface area contributed by atoms with Gasteiger partial charge in [-0.2, -0.15) is 0 Å². The number of thiophene rings is 1. The first-order chi connectivity index (χ1) is 9.24. The number of rotatable bonds is 4. The van der Waals surface area contributed by atoms with Crippen LogP contribution in [0.4, 0.5) is 0 Å². The predicted molar refractivity (Wildman–Crippen MR) is 79.6 cm³/mol. The molecule has 0 saturated carbocycles. The molecule has 0 amide bonds. The molecule has 1 aliphatic rings. The molecule has 3 rings (SSSR count). The zero-order valence-electron chi connectivity index (χ0n) is 11.6. The zero-order valence-corrected chi connectivity index (χ0v) is 12.4. The molecule has 1 N–H and O–H groups in total. The summed E-state index contributed by atoms with van der Waals surface area (Å²) in [5, 5.41) is 3.62. The van der Waals surface area contributed by atoms with Gasteiger partial charge in [-0.3, -0.25) is 0 Å². The molecule has 2 atom stereocenters. The summed E-state index contributed by atoms with van der Waals surface area (Å²) in [5.74, 6) is 1.01. The molecule has 0 aromatic carbocycles. The standard InChI is InChI=1S/C16H21NOS/c1-11(14-7-5-9-18-14)17-12(2)16-10-13-6-3-4-8-15(13)19-16/h5,7,9-12,17H,3-4,6,8H2,1-2H3/t11-,12?/m0/s1. The zero-order chi connectivity index (χ0) is 13.2. The molecular formula is C16H21NOS. The van der Waals surface area contributed by atoms with E-state index in [2.05, 4.69) is 25.2 Å². The maximum Gasteiger partial charge on any atom is 0.120 e. The quantitative estimate of drug-likeness (QED) is 0.880. The minimum Gasteiger partial charge on any atom is -0.468 e. The lowest BCUT2D eigenvalue weighted by atomic mass is 9.99. The molecule has 0 spiro atoms. The molecule has 102 valence electrons. The highest BCUT2D eigenvalue weighted by molar-refractivity contribution is 7.12. The average Bonchev–Trinajstić information content (AvgIpc) is 3.07. The third-order valence-electron chi connectivity index (χ3n) is 3.91. The molecule has 2 aromatic rings. The van der Waals surface area contributed by atoms with Crippen LogP contribution in [0.5, 0.6) is 0 Å². The summed E-state index contributed by atoms with van der Waals surface area (Å²) >= 11 is 1.99. The fourth-order valence-corrected chi connectivity index (χ4v) is 4.07. The van der Waals surface area contributed by atoms with Gasteiger partial charge in [0.25, 0.3) is 0 Å². The summed E-state index contributed by atoms with van der Waals surface area (Å²) in [6, 6.07) is 7.03. The SMILES string of the molecule is CC(N[C@@H](C)c1ccco1)c1cc2c(s1)CCCC2. The van der Waals surface area contributed by atoms with Crippen LogP contribution in [0, 0.1) is 0 Å². The lowest BCUT2D eigenvalue weighted by Crippen LogP contribution is -2.21. The molecule has 0 saturated heterocycles. The van der Waals surface area contributed by atoms with Crippen LogP contribution in [-0.2, 0) is 12.8 Å². The van der Waals surface area contributed by atoms with Gasteiger partial charge in [0, 0.05) is 15.8 Å². The number of nitrogens with one attached hydrogen (secondary N) is 1. The molecular weight excluding hydrogens is 254 g/mol. The third kappa shape index (κ3) is 2.77. The fraction of sp³-hybridized carbons (Fsp3) is 0.500. The Morgan fingerprint density at radius 1 is 1.21 bits per heavy atom. The van der Waals surface area contributed by atoms with Crippen LogP contribution in [0.2, 0.25) is 0 Å². The van der Waals surface area contributed by atoms with Crippen LogP contribution >= 0.6 is 11.3 Å². The minimum atomic E-state index is 0.254. The van der Waals surface area contributed by atoms with Crippen molar-refractivity contribution in [2.45, 2.75) is 51.6 Å². The third-order valence-corrected chi connectivity index (χ3v) is 5.33. The summed E-state index contributed by atoms with van der Waals surface area (Å²) in [4.78, 5) is 3.07. The summed E-state index contributed by atoms with van der Waals surface area (Å²) in [5.41, 5.74) is 1.59. The lowest BCUT2D eigenvalue weighted by Gasteiger charge is -2.17. The minimum absolute atomic E-state index is 0.254. The van der Waals surface area contributed by atoms with Gasteiger partial charge < -0.3 is 9.73 Å². The van der Waals surface area contributed by atoms with Crippen LogP contribution in [0.1, 0.15) is 59.9 Å². The van der Waals surface area contributed by atoms with E-state index in [1.54, 1.807) is 16.7 Å². The molecule has 1 aliphatic carbocycles. The van der Waals surface area contributed by atoms with Crippen LogP contribution in [0.3, 0.4) is 0 Å².